The van der Waals surface area contributed by atoms with Gasteiger partial charge in [0.05, 0.1) is 0 Å². The minimum absolute atomic E-state index is 0.0992. The number of aliphatic carboxylic acids is 1. The predicted molar refractivity (Wildman–Crippen MR) is 60.2 cm³/mol. The van der Waals surface area contributed by atoms with E-state index in [2.05, 4.69) is 10.6 Å². The van der Waals surface area contributed by atoms with Crippen LogP contribution in [0, 0.1) is 5.92 Å². The van der Waals surface area contributed by atoms with Gasteiger partial charge in [-0.2, -0.15) is 0 Å². The number of carbonyl (C=O) groups excluding carboxylic acids is 1. The monoisotopic (exact) mass is 228 g/mol. The molecule has 1 aliphatic carbocycles. The van der Waals surface area contributed by atoms with Crippen molar-refractivity contribution in [2.75, 3.05) is 13.1 Å². The lowest BCUT2D eigenvalue weighted by Gasteiger charge is -2.06. The molecule has 1 saturated carbocycles. The van der Waals surface area contributed by atoms with Crippen LogP contribution in [0.4, 0.5) is 4.79 Å². The van der Waals surface area contributed by atoms with E-state index in [0.29, 0.717) is 19.5 Å². The summed E-state index contributed by atoms with van der Waals surface area (Å²) in [6.07, 6.45) is 5.52. The Morgan fingerprint density at radius 1 is 1.12 bits per heavy atom. The largest absolute Gasteiger partial charge is 0.481 e. The highest BCUT2D eigenvalue weighted by Gasteiger charge is 2.19. The Hall–Kier alpha value is -1.26. The standard InChI is InChI=1S/C11H20N2O3/c14-10(15)4-2-8-13-11(16)12-7-1-3-9-5-6-9/h9H,1-8H2,(H,14,15)(H2,12,13,16). The van der Waals surface area contributed by atoms with Gasteiger partial charge >= 0.3 is 12.0 Å². The van der Waals surface area contributed by atoms with Gasteiger partial charge in [-0.05, 0) is 25.2 Å². The molecule has 0 heterocycles. The second-order valence-corrected chi connectivity index (χ2v) is 4.27. The van der Waals surface area contributed by atoms with E-state index in [0.717, 1.165) is 12.3 Å². The van der Waals surface area contributed by atoms with Crippen molar-refractivity contribution < 1.29 is 14.7 Å². The third-order valence-electron chi connectivity index (χ3n) is 2.62. The van der Waals surface area contributed by atoms with E-state index in [-0.39, 0.29) is 12.5 Å². The molecule has 1 rings (SSSR count). The molecule has 0 radical (unpaired) electrons. The molecule has 5 nitrogen and oxygen atoms in total. The van der Waals surface area contributed by atoms with Gasteiger partial charge in [0.25, 0.3) is 0 Å². The lowest BCUT2D eigenvalue weighted by atomic mass is 10.2. The molecule has 1 fully saturated rings. The average Bonchev–Trinajstić information content (AvgIpc) is 3.03. The molecule has 0 aliphatic heterocycles. The molecule has 0 saturated heterocycles. The van der Waals surface area contributed by atoms with Gasteiger partial charge in [-0.15, -0.1) is 0 Å². The Morgan fingerprint density at radius 2 is 1.75 bits per heavy atom. The van der Waals surface area contributed by atoms with E-state index < -0.39 is 5.97 Å². The van der Waals surface area contributed by atoms with Gasteiger partial charge < -0.3 is 15.7 Å². The first kappa shape index (κ1) is 12.8. The first-order valence-corrected chi connectivity index (χ1v) is 5.92. The zero-order chi connectivity index (χ0) is 11.8. The Morgan fingerprint density at radius 3 is 2.31 bits per heavy atom. The number of rotatable bonds is 8. The first-order valence-electron chi connectivity index (χ1n) is 5.92. The van der Waals surface area contributed by atoms with Crippen molar-refractivity contribution in [2.45, 2.75) is 38.5 Å². The maximum Gasteiger partial charge on any atom is 0.314 e. The highest BCUT2D eigenvalue weighted by Crippen LogP contribution is 2.33. The number of carboxylic acids is 1. The summed E-state index contributed by atoms with van der Waals surface area (Å²) in [6, 6.07) is -0.193. The highest BCUT2D eigenvalue weighted by molar-refractivity contribution is 5.73. The molecule has 0 atom stereocenters. The fourth-order valence-electron chi connectivity index (χ4n) is 1.50. The smallest absolute Gasteiger partial charge is 0.314 e. The van der Waals surface area contributed by atoms with Crippen molar-refractivity contribution in [3.63, 3.8) is 0 Å². The Kier molecular flexibility index (Phi) is 5.67. The van der Waals surface area contributed by atoms with Gasteiger partial charge in [0.1, 0.15) is 0 Å². The number of amides is 2. The highest BCUT2D eigenvalue weighted by atomic mass is 16.4. The molecule has 3 N–H and O–H groups in total. The van der Waals surface area contributed by atoms with Crippen LogP contribution in [0.3, 0.4) is 0 Å². The fourth-order valence-corrected chi connectivity index (χ4v) is 1.50. The van der Waals surface area contributed by atoms with Crippen molar-refractivity contribution in [1.82, 2.24) is 10.6 Å². The van der Waals surface area contributed by atoms with Crippen LogP contribution in [-0.4, -0.2) is 30.2 Å². The zero-order valence-electron chi connectivity index (χ0n) is 9.50. The Balaban J connectivity index is 1.83. The number of urea groups is 1. The van der Waals surface area contributed by atoms with E-state index in [4.69, 9.17) is 5.11 Å². The summed E-state index contributed by atoms with van der Waals surface area (Å²) in [5, 5.41) is 13.8. The van der Waals surface area contributed by atoms with E-state index >= 15 is 0 Å². The summed E-state index contributed by atoms with van der Waals surface area (Å²) in [5.41, 5.74) is 0. The van der Waals surface area contributed by atoms with Gasteiger partial charge in [-0.1, -0.05) is 12.8 Å². The summed E-state index contributed by atoms with van der Waals surface area (Å²) < 4.78 is 0. The lowest BCUT2D eigenvalue weighted by molar-refractivity contribution is -0.137. The summed E-state index contributed by atoms with van der Waals surface area (Å²) in [4.78, 5) is 21.4. The van der Waals surface area contributed by atoms with Crippen LogP contribution in [0.5, 0.6) is 0 Å². The van der Waals surface area contributed by atoms with Crippen molar-refractivity contribution >= 4 is 12.0 Å². The summed E-state index contributed by atoms with van der Waals surface area (Å²) in [5.74, 6) is 0.0760. The predicted octanol–water partition coefficient (Wildman–Crippen LogP) is 1.34. The topological polar surface area (TPSA) is 78.4 Å². The molecular formula is C11H20N2O3. The summed E-state index contributed by atoms with van der Waals surface area (Å²) in [7, 11) is 0. The van der Waals surface area contributed by atoms with Crippen molar-refractivity contribution in [3.8, 4) is 0 Å². The minimum atomic E-state index is -0.827. The molecule has 0 unspecified atom stereocenters. The van der Waals surface area contributed by atoms with Crippen molar-refractivity contribution in [1.29, 1.82) is 0 Å². The normalized spacial score (nSPS) is 14.5. The molecule has 0 aromatic rings. The Labute approximate surface area is 95.6 Å². The molecule has 5 heteroatoms. The quantitative estimate of drug-likeness (QED) is 0.548. The van der Waals surface area contributed by atoms with Gasteiger partial charge in [0, 0.05) is 19.5 Å². The third-order valence-corrected chi connectivity index (χ3v) is 2.62. The maximum atomic E-state index is 11.2. The number of carboxylic acid groups (broad SMARTS) is 1. The van der Waals surface area contributed by atoms with Crippen LogP contribution < -0.4 is 10.6 Å². The fraction of sp³-hybridized carbons (Fsp3) is 0.818. The second-order valence-electron chi connectivity index (χ2n) is 4.27. The van der Waals surface area contributed by atoms with Crippen LogP contribution in [0.1, 0.15) is 38.5 Å². The molecule has 0 spiro atoms. The third kappa shape index (κ3) is 7.09. The number of carbonyl (C=O) groups is 2. The zero-order valence-corrected chi connectivity index (χ0v) is 9.50. The van der Waals surface area contributed by atoms with Crippen LogP contribution in [0.25, 0.3) is 0 Å². The van der Waals surface area contributed by atoms with Gasteiger partial charge in [-0.3, -0.25) is 4.79 Å². The molecule has 0 aromatic carbocycles. The summed E-state index contributed by atoms with van der Waals surface area (Å²) >= 11 is 0. The Bertz CT molecular complexity index is 239. The van der Waals surface area contributed by atoms with Crippen molar-refractivity contribution in [3.05, 3.63) is 0 Å². The molecule has 0 bridgehead atoms. The molecular weight excluding hydrogens is 208 g/mol. The van der Waals surface area contributed by atoms with Gasteiger partial charge in [-0.25, -0.2) is 4.79 Å². The molecule has 2 amide bonds. The SMILES string of the molecule is O=C(O)CCCNC(=O)NCCCC1CC1. The van der Waals surface area contributed by atoms with Crippen molar-refractivity contribution in [2.24, 2.45) is 5.92 Å². The van der Waals surface area contributed by atoms with E-state index in [1.165, 1.54) is 19.3 Å². The van der Waals surface area contributed by atoms with Crippen LogP contribution in [0.15, 0.2) is 0 Å². The first-order chi connectivity index (χ1) is 7.68. The van der Waals surface area contributed by atoms with E-state index in [9.17, 15) is 9.59 Å². The van der Waals surface area contributed by atoms with E-state index in [1.807, 2.05) is 0 Å². The molecule has 16 heavy (non-hydrogen) atoms. The number of hydrogen-bond acceptors (Lipinski definition) is 2. The molecule has 92 valence electrons. The average molecular weight is 228 g/mol. The maximum absolute atomic E-state index is 11.2. The second kappa shape index (κ2) is 7.09. The van der Waals surface area contributed by atoms with Gasteiger partial charge in [0.2, 0.25) is 0 Å². The van der Waals surface area contributed by atoms with Crippen LogP contribution in [-0.2, 0) is 4.79 Å². The number of nitrogens with one attached hydrogen (secondary N) is 2. The number of hydrogen-bond donors (Lipinski definition) is 3. The lowest BCUT2D eigenvalue weighted by Crippen LogP contribution is -2.36. The van der Waals surface area contributed by atoms with Gasteiger partial charge in [0.15, 0.2) is 0 Å². The summed E-state index contributed by atoms with van der Waals surface area (Å²) in [6.45, 7) is 1.13. The van der Waals surface area contributed by atoms with Crippen LogP contribution in [0.2, 0.25) is 0 Å². The van der Waals surface area contributed by atoms with E-state index in [1.54, 1.807) is 0 Å². The molecule has 1 aliphatic rings. The molecule has 0 aromatic heterocycles. The van der Waals surface area contributed by atoms with Crippen LogP contribution >= 0.6 is 0 Å². The minimum Gasteiger partial charge on any atom is -0.481 e.